The van der Waals surface area contributed by atoms with Gasteiger partial charge in [0.1, 0.15) is 5.82 Å². The van der Waals surface area contributed by atoms with Crippen molar-refractivity contribution in [2.75, 3.05) is 13.6 Å². The van der Waals surface area contributed by atoms with Crippen LogP contribution in [0.3, 0.4) is 0 Å². The number of carbonyl (C=O) groups is 1. The summed E-state index contributed by atoms with van der Waals surface area (Å²) in [6, 6.07) is 5.71. The van der Waals surface area contributed by atoms with Crippen LogP contribution in [-0.4, -0.2) is 44.1 Å². The summed E-state index contributed by atoms with van der Waals surface area (Å²) < 4.78 is 2.20. The Hall–Kier alpha value is -2.63. The van der Waals surface area contributed by atoms with E-state index in [0.717, 1.165) is 42.7 Å². The van der Waals surface area contributed by atoms with E-state index >= 15 is 0 Å². The Labute approximate surface area is 134 Å². The molecule has 1 unspecified atom stereocenters. The lowest BCUT2D eigenvalue weighted by Gasteiger charge is -2.28. The molecule has 3 aromatic rings. The molecule has 0 bridgehead atoms. The summed E-state index contributed by atoms with van der Waals surface area (Å²) in [6.07, 6.45) is 7.63. The molecular formula is C17H19N5O. The van der Waals surface area contributed by atoms with Gasteiger partial charge < -0.3 is 9.47 Å². The number of amides is 1. The van der Waals surface area contributed by atoms with Gasteiger partial charge in [0.05, 0.1) is 17.3 Å². The number of H-pyrrole nitrogens is 1. The van der Waals surface area contributed by atoms with Crippen LogP contribution in [0.4, 0.5) is 0 Å². The van der Waals surface area contributed by atoms with E-state index in [1.807, 2.05) is 42.5 Å². The summed E-state index contributed by atoms with van der Waals surface area (Å²) in [5, 5.41) is 7.92. The number of para-hydroxylation sites is 1. The quantitative estimate of drug-likeness (QED) is 0.805. The van der Waals surface area contributed by atoms with Crippen molar-refractivity contribution in [3.05, 3.63) is 48.2 Å². The van der Waals surface area contributed by atoms with E-state index < -0.39 is 0 Å². The summed E-state index contributed by atoms with van der Waals surface area (Å²) in [5.41, 5.74) is 1.49. The van der Waals surface area contributed by atoms with Gasteiger partial charge in [-0.25, -0.2) is 4.98 Å². The largest absolute Gasteiger partial charge is 0.341 e. The Bertz CT molecular complexity index is 849. The third-order valence-electron chi connectivity index (χ3n) is 4.64. The van der Waals surface area contributed by atoms with Gasteiger partial charge in [0.15, 0.2) is 0 Å². The fourth-order valence-electron chi connectivity index (χ4n) is 3.39. The smallest absolute Gasteiger partial charge is 0.255 e. The number of aromatic amines is 1. The minimum absolute atomic E-state index is 0.0359. The number of hydrogen-bond donors (Lipinski definition) is 1. The standard InChI is InChI=1S/C17H19N5O/c1-21(11-12-5-7-22-8-6-18-15(22)9-12)17(23)14-4-2-3-13-10-19-20-16(13)14/h2-4,6,8,10,12H,5,7,9,11H2,1H3,(H,19,20). The third kappa shape index (κ3) is 2.50. The SMILES string of the molecule is CN(CC1CCn2ccnc2C1)C(=O)c1cccc2cn[nH]c12. The van der Waals surface area contributed by atoms with Crippen LogP contribution < -0.4 is 0 Å². The zero-order chi connectivity index (χ0) is 15.8. The van der Waals surface area contributed by atoms with E-state index in [1.165, 1.54) is 0 Å². The summed E-state index contributed by atoms with van der Waals surface area (Å²) >= 11 is 0. The molecule has 118 valence electrons. The molecule has 6 nitrogen and oxygen atoms in total. The molecule has 4 rings (SSSR count). The number of imidazole rings is 1. The van der Waals surface area contributed by atoms with Crippen LogP contribution in [0, 0.1) is 5.92 Å². The first-order valence-corrected chi connectivity index (χ1v) is 7.90. The molecule has 1 N–H and O–H groups in total. The molecule has 1 aliphatic heterocycles. The molecular weight excluding hydrogens is 290 g/mol. The van der Waals surface area contributed by atoms with E-state index in [1.54, 1.807) is 6.20 Å². The second-order valence-electron chi connectivity index (χ2n) is 6.22. The van der Waals surface area contributed by atoms with Crippen molar-refractivity contribution in [3.8, 4) is 0 Å². The molecule has 1 amide bonds. The molecule has 0 radical (unpaired) electrons. The average Bonchev–Trinajstić information content (AvgIpc) is 3.21. The first kappa shape index (κ1) is 14.0. The van der Waals surface area contributed by atoms with Crippen LogP contribution in [0.5, 0.6) is 0 Å². The summed E-state index contributed by atoms with van der Waals surface area (Å²) in [4.78, 5) is 19.0. The maximum atomic E-state index is 12.8. The predicted octanol–water partition coefficient (Wildman–Crippen LogP) is 2.09. The number of nitrogens with zero attached hydrogens (tertiary/aromatic N) is 4. The van der Waals surface area contributed by atoms with Crippen molar-refractivity contribution in [2.24, 2.45) is 5.92 Å². The second kappa shape index (κ2) is 5.53. The number of rotatable bonds is 3. The van der Waals surface area contributed by atoms with Gasteiger partial charge in [-0.2, -0.15) is 5.10 Å². The first-order chi connectivity index (χ1) is 11.2. The first-order valence-electron chi connectivity index (χ1n) is 7.90. The maximum absolute atomic E-state index is 12.8. The maximum Gasteiger partial charge on any atom is 0.255 e. The van der Waals surface area contributed by atoms with E-state index in [-0.39, 0.29) is 5.91 Å². The van der Waals surface area contributed by atoms with Crippen LogP contribution in [0.2, 0.25) is 0 Å². The highest BCUT2D eigenvalue weighted by atomic mass is 16.2. The zero-order valence-corrected chi connectivity index (χ0v) is 13.1. The lowest BCUT2D eigenvalue weighted by Crippen LogP contribution is -2.35. The number of aromatic nitrogens is 4. The van der Waals surface area contributed by atoms with Crippen LogP contribution in [0.15, 0.2) is 36.8 Å². The topological polar surface area (TPSA) is 66.8 Å². The lowest BCUT2D eigenvalue weighted by molar-refractivity contribution is 0.0765. The fraction of sp³-hybridized carbons (Fsp3) is 0.353. The molecule has 0 saturated heterocycles. The molecule has 3 heterocycles. The molecule has 0 aliphatic carbocycles. The van der Waals surface area contributed by atoms with Crippen LogP contribution in [-0.2, 0) is 13.0 Å². The normalized spacial score (nSPS) is 17.2. The Morgan fingerprint density at radius 1 is 1.48 bits per heavy atom. The van der Waals surface area contributed by atoms with Crippen LogP contribution in [0.25, 0.3) is 10.9 Å². The Morgan fingerprint density at radius 2 is 2.39 bits per heavy atom. The number of aryl methyl sites for hydroxylation is 1. The van der Waals surface area contributed by atoms with E-state index in [2.05, 4.69) is 19.7 Å². The summed E-state index contributed by atoms with van der Waals surface area (Å²) in [6.45, 7) is 1.73. The molecule has 1 aliphatic rings. The monoisotopic (exact) mass is 309 g/mol. The number of nitrogens with one attached hydrogen (secondary N) is 1. The molecule has 0 fully saturated rings. The van der Waals surface area contributed by atoms with Crippen LogP contribution >= 0.6 is 0 Å². The van der Waals surface area contributed by atoms with Crippen molar-refractivity contribution in [1.29, 1.82) is 0 Å². The number of carbonyl (C=O) groups excluding carboxylic acids is 1. The highest BCUT2D eigenvalue weighted by Gasteiger charge is 2.23. The molecule has 23 heavy (non-hydrogen) atoms. The fourth-order valence-corrected chi connectivity index (χ4v) is 3.39. The zero-order valence-electron chi connectivity index (χ0n) is 13.1. The number of fused-ring (bicyclic) bond motifs is 2. The van der Waals surface area contributed by atoms with Crippen molar-refractivity contribution < 1.29 is 4.79 Å². The van der Waals surface area contributed by atoms with Gasteiger partial charge in [0.2, 0.25) is 0 Å². The lowest BCUT2D eigenvalue weighted by atomic mass is 9.97. The Kier molecular flexibility index (Phi) is 3.37. The van der Waals surface area contributed by atoms with Gasteiger partial charge in [-0.3, -0.25) is 9.89 Å². The Balaban J connectivity index is 1.50. The second-order valence-corrected chi connectivity index (χ2v) is 6.22. The summed E-state index contributed by atoms with van der Waals surface area (Å²) in [5.74, 6) is 1.62. The molecule has 1 atom stereocenters. The van der Waals surface area contributed by atoms with Gasteiger partial charge >= 0.3 is 0 Å². The molecule has 0 spiro atoms. The van der Waals surface area contributed by atoms with E-state index in [0.29, 0.717) is 11.5 Å². The minimum atomic E-state index is 0.0359. The van der Waals surface area contributed by atoms with Gasteiger partial charge in [-0.1, -0.05) is 12.1 Å². The molecule has 1 aromatic carbocycles. The minimum Gasteiger partial charge on any atom is -0.341 e. The van der Waals surface area contributed by atoms with Gasteiger partial charge in [0, 0.05) is 44.3 Å². The van der Waals surface area contributed by atoms with Gasteiger partial charge in [-0.05, 0) is 18.4 Å². The van der Waals surface area contributed by atoms with Crippen LogP contribution in [0.1, 0.15) is 22.6 Å². The number of benzene rings is 1. The highest BCUT2D eigenvalue weighted by Crippen LogP contribution is 2.22. The average molecular weight is 309 g/mol. The van der Waals surface area contributed by atoms with Crippen molar-refractivity contribution in [2.45, 2.75) is 19.4 Å². The summed E-state index contributed by atoms with van der Waals surface area (Å²) in [7, 11) is 1.87. The predicted molar refractivity (Wildman–Crippen MR) is 87.1 cm³/mol. The number of hydrogen-bond acceptors (Lipinski definition) is 3. The highest BCUT2D eigenvalue weighted by molar-refractivity contribution is 6.05. The molecule has 0 saturated carbocycles. The third-order valence-corrected chi connectivity index (χ3v) is 4.64. The van der Waals surface area contributed by atoms with Gasteiger partial charge in [0.25, 0.3) is 5.91 Å². The van der Waals surface area contributed by atoms with E-state index in [9.17, 15) is 4.79 Å². The van der Waals surface area contributed by atoms with Gasteiger partial charge in [-0.15, -0.1) is 0 Å². The van der Waals surface area contributed by atoms with Crippen molar-refractivity contribution in [1.82, 2.24) is 24.6 Å². The molecule has 6 heteroatoms. The Morgan fingerprint density at radius 3 is 3.30 bits per heavy atom. The molecule has 2 aromatic heterocycles. The van der Waals surface area contributed by atoms with Crippen molar-refractivity contribution in [3.63, 3.8) is 0 Å². The van der Waals surface area contributed by atoms with E-state index in [4.69, 9.17) is 0 Å². The van der Waals surface area contributed by atoms with Crippen molar-refractivity contribution >= 4 is 16.8 Å².